The van der Waals surface area contributed by atoms with E-state index in [0.717, 1.165) is 32.4 Å². The molecular formula is C21H26Br2N2O2. The predicted octanol–water partition coefficient (Wildman–Crippen LogP) is 6.41. The Hall–Kier alpha value is -1.53. The number of ether oxygens (including phenoxy) is 1. The summed E-state index contributed by atoms with van der Waals surface area (Å²) < 4.78 is 7.78. The largest absolute Gasteiger partial charge is 0.492 e. The number of carbonyl (C=O) groups excluding carboxylic acids is 1. The zero-order valence-corrected chi connectivity index (χ0v) is 19.3. The van der Waals surface area contributed by atoms with E-state index in [9.17, 15) is 4.79 Å². The number of aryl methyl sites for hydroxylation is 1. The molecule has 0 heterocycles. The number of hydrogen-bond acceptors (Lipinski definition) is 2. The zero-order valence-electron chi connectivity index (χ0n) is 16.2. The fourth-order valence-corrected chi connectivity index (χ4v) is 3.18. The number of halogens is 2. The molecule has 2 aromatic rings. The van der Waals surface area contributed by atoms with Crippen molar-refractivity contribution in [1.82, 2.24) is 5.32 Å². The molecule has 0 fully saturated rings. The van der Waals surface area contributed by atoms with Crippen molar-refractivity contribution in [3.8, 4) is 5.75 Å². The van der Waals surface area contributed by atoms with Crippen LogP contribution in [-0.4, -0.2) is 19.2 Å². The second kappa shape index (κ2) is 9.60. The Labute approximate surface area is 178 Å². The van der Waals surface area contributed by atoms with E-state index in [0.29, 0.717) is 13.2 Å². The third-order valence-electron chi connectivity index (χ3n) is 4.08. The fourth-order valence-electron chi connectivity index (χ4n) is 2.44. The van der Waals surface area contributed by atoms with Gasteiger partial charge in [0.1, 0.15) is 5.75 Å². The lowest BCUT2D eigenvalue weighted by molar-refractivity contribution is 0.250. The Kier molecular flexibility index (Phi) is 7.74. The van der Waals surface area contributed by atoms with E-state index in [1.54, 1.807) is 0 Å². The summed E-state index contributed by atoms with van der Waals surface area (Å²) in [6.45, 7) is 9.60. The third-order valence-corrected chi connectivity index (χ3v) is 5.59. The molecule has 0 spiro atoms. The lowest BCUT2D eigenvalue weighted by Crippen LogP contribution is -2.30. The number of amides is 2. The van der Waals surface area contributed by atoms with Crippen LogP contribution in [0.25, 0.3) is 0 Å². The molecule has 27 heavy (non-hydrogen) atoms. The van der Waals surface area contributed by atoms with E-state index in [4.69, 9.17) is 4.74 Å². The fraction of sp³-hybridized carbons (Fsp3) is 0.381. The summed E-state index contributed by atoms with van der Waals surface area (Å²) in [4.78, 5) is 11.9. The van der Waals surface area contributed by atoms with Crippen molar-refractivity contribution in [1.29, 1.82) is 0 Å². The molecule has 0 saturated heterocycles. The van der Waals surface area contributed by atoms with E-state index in [-0.39, 0.29) is 11.4 Å². The van der Waals surface area contributed by atoms with Crippen molar-refractivity contribution in [3.63, 3.8) is 0 Å². The van der Waals surface area contributed by atoms with E-state index >= 15 is 0 Å². The summed E-state index contributed by atoms with van der Waals surface area (Å²) in [6.07, 6.45) is 0.722. The molecule has 0 aliphatic rings. The van der Waals surface area contributed by atoms with E-state index in [1.807, 2.05) is 31.2 Å². The molecule has 0 unspecified atom stereocenters. The van der Waals surface area contributed by atoms with Crippen LogP contribution in [-0.2, 0) is 5.41 Å². The number of anilines is 1. The summed E-state index contributed by atoms with van der Waals surface area (Å²) in [7, 11) is 0. The number of nitrogens with one attached hydrogen (secondary N) is 2. The van der Waals surface area contributed by atoms with E-state index in [2.05, 4.69) is 75.4 Å². The van der Waals surface area contributed by atoms with E-state index < -0.39 is 0 Å². The molecule has 0 aliphatic carbocycles. The summed E-state index contributed by atoms with van der Waals surface area (Å²) >= 11 is 7.02. The number of benzene rings is 2. The van der Waals surface area contributed by atoms with Gasteiger partial charge in [0, 0.05) is 16.7 Å². The topological polar surface area (TPSA) is 50.4 Å². The molecule has 2 aromatic carbocycles. The van der Waals surface area contributed by atoms with E-state index in [1.165, 1.54) is 5.56 Å². The average molecular weight is 498 g/mol. The molecule has 0 radical (unpaired) electrons. The molecule has 0 atom stereocenters. The SMILES string of the molecule is Cc1cc(NC(=O)NCCCOc2ccc(C(C)(C)C)cc2Br)ccc1Br. The van der Waals surface area contributed by atoms with Crippen LogP contribution in [0.1, 0.15) is 38.3 Å². The van der Waals surface area contributed by atoms with Crippen LogP contribution in [0.2, 0.25) is 0 Å². The van der Waals surface area contributed by atoms with Crippen molar-refractivity contribution in [3.05, 3.63) is 56.5 Å². The highest BCUT2D eigenvalue weighted by Crippen LogP contribution is 2.31. The molecule has 146 valence electrons. The second-order valence-corrected chi connectivity index (χ2v) is 9.15. The molecule has 0 saturated carbocycles. The normalized spacial score (nSPS) is 11.2. The maximum atomic E-state index is 11.9. The van der Waals surface area contributed by atoms with Crippen molar-refractivity contribution in [2.75, 3.05) is 18.5 Å². The minimum absolute atomic E-state index is 0.103. The van der Waals surface area contributed by atoms with Crippen LogP contribution in [0.15, 0.2) is 45.3 Å². The minimum Gasteiger partial charge on any atom is -0.492 e. The second-order valence-electron chi connectivity index (χ2n) is 7.44. The molecule has 2 amide bonds. The summed E-state index contributed by atoms with van der Waals surface area (Å²) in [5, 5.41) is 5.67. The van der Waals surface area contributed by atoms with Crippen LogP contribution < -0.4 is 15.4 Å². The standard InChI is InChI=1S/C21H26Br2N2O2/c1-14-12-16(7-8-17(14)22)25-20(26)24-10-5-11-27-19-9-6-15(13-18(19)23)21(2,3)4/h6-9,12-13H,5,10-11H2,1-4H3,(H2,24,25,26). The summed E-state index contributed by atoms with van der Waals surface area (Å²) in [5.41, 5.74) is 3.20. The Morgan fingerprint density at radius 3 is 2.44 bits per heavy atom. The highest BCUT2D eigenvalue weighted by molar-refractivity contribution is 9.10. The average Bonchev–Trinajstić information content (AvgIpc) is 2.58. The molecule has 4 nitrogen and oxygen atoms in total. The van der Waals surface area contributed by atoms with Crippen molar-refractivity contribution in [2.24, 2.45) is 0 Å². The maximum absolute atomic E-state index is 11.9. The number of hydrogen-bond donors (Lipinski definition) is 2. The summed E-state index contributed by atoms with van der Waals surface area (Å²) in [5.74, 6) is 0.817. The first kappa shape index (κ1) is 21.8. The van der Waals surface area contributed by atoms with Crippen LogP contribution in [0.3, 0.4) is 0 Å². The molecule has 0 aromatic heterocycles. The first-order chi connectivity index (χ1) is 12.7. The number of rotatable bonds is 6. The van der Waals surface area contributed by atoms with Gasteiger partial charge in [0.2, 0.25) is 0 Å². The minimum atomic E-state index is -0.215. The van der Waals surface area contributed by atoms with Gasteiger partial charge >= 0.3 is 6.03 Å². The predicted molar refractivity (Wildman–Crippen MR) is 119 cm³/mol. The summed E-state index contributed by atoms with van der Waals surface area (Å²) in [6, 6.07) is 11.7. The first-order valence-corrected chi connectivity index (χ1v) is 10.5. The molecule has 2 N–H and O–H groups in total. The number of carbonyl (C=O) groups is 1. The van der Waals surface area contributed by atoms with Crippen LogP contribution in [0, 0.1) is 6.92 Å². The molecule has 0 bridgehead atoms. The Morgan fingerprint density at radius 2 is 1.81 bits per heavy atom. The van der Waals surface area contributed by atoms with Gasteiger partial charge < -0.3 is 15.4 Å². The molecule has 6 heteroatoms. The Morgan fingerprint density at radius 1 is 1.07 bits per heavy atom. The van der Waals surface area contributed by atoms with Gasteiger partial charge in [0.05, 0.1) is 11.1 Å². The van der Waals surface area contributed by atoms with Gasteiger partial charge in [-0.15, -0.1) is 0 Å². The van der Waals surface area contributed by atoms with Crippen LogP contribution >= 0.6 is 31.9 Å². The first-order valence-electron chi connectivity index (χ1n) is 8.90. The smallest absolute Gasteiger partial charge is 0.319 e. The lowest BCUT2D eigenvalue weighted by Gasteiger charge is -2.20. The zero-order chi connectivity index (χ0) is 20.0. The monoisotopic (exact) mass is 496 g/mol. The van der Waals surface area contributed by atoms with Crippen molar-refractivity contribution >= 4 is 43.6 Å². The van der Waals surface area contributed by atoms with Gasteiger partial charge in [0.15, 0.2) is 0 Å². The van der Waals surface area contributed by atoms with Gasteiger partial charge in [-0.3, -0.25) is 0 Å². The van der Waals surface area contributed by atoms with Crippen molar-refractivity contribution < 1.29 is 9.53 Å². The van der Waals surface area contributed by atoms with Gasteiger partial charge in [-0.05, 0) is 76.1 Å². The Balaban J connectivity index is 1.72. The Bertz CT molecular complexity index is 801. The lowest BCUT2D eigenvalue weighted by atomic mass is 9.87. The highest BCUT2D eigenvalue weighted by atomic mass is 79.9. The third kappa shape index (κ3) is 6.85. The molecular weight excluding hydrogens is 472 g/mol. The highest BCUT2D eigenvalue weighted by Gasteiger charge is 2.15. The van der Waals surface area contributed by atoms with Crippen LogP contribution in [0.4, 0.5) is 10.5 Å². The molecule has 0 aliphatic heterocycles. The van der Waals surface area contributed by atoms with Crippen LogP contribution in [0.5, 0.6) is 5.75 Å². The number of urea groups is 1. The van der Waals surface area contributed by atoms with Crippen molar-refractivity contribution in [2.45, 2.75) is 39.5 Å². The van der Waals surface area contributed by atoms with Gasteiger partial charge in [0.25, 0.3) is 0 Å². The van der Waals surface area contributed by atoms with Gasteiger partial charge in [-0.2, -0.15) is 0 Å². The maximum Gasteiger partial charge on any atom is 0.319 e. The molecule has 2 rings (SSSR count). The van der Waals surface area contributed by atoms with Gasteiger partial charge in [-0.1, -0.05) is 42.8 Å². The van der Waals surface area contributed by atoms with Gasteiger partial charge in [-0.25, -0.2) is 4.79 Å². The quantitative estimate of drug-likeness (QED) is 0.453.